The number of hydrogen-bond acceptors (Lipinski definition) is 4. The lowest BCUT2D eigenvalue weighted by Crippen LogP contribution is -2.48. The van der Waals surface area contributed by atoms with Gasteiger partial charge in [-0.3, -0.25) is 14.2 Å². The number of carbonyl (C=O) groups is 1. The Morgan fingerprint density at radius 2 is 2.03 bits per heavy atom. The van der Waals surface area contributed by atoms with E-state index in [4.69, 9.17) is 0 Å². The number of anilines is 1. The van der Waals surface area contributed by atoms with Gasteiger partial charge >= 0.3 is 0 Å². The van der Waals surface area contributed by atoms with Crippen molar-refractivity contribution < 1.29 is 9.18 Å². The molecule has 0 radical (unpaired) electrons. The smallest absolute Gasteiger partial charge is 0.254 e. The molecule has 2 atom stereocenters. The average Bonchev–Trinajstić information content (AvgIpc) is 2.66. The Bertz CT molecular complexity index is 1030. The molecule has 2 unspecified atom stereocenters. The number of fused-ring (bicyclic) bond motifs is 2. The van der Waals surface area contributed by atoms with Gasteiger partial charge in [0.15, 0.2) is 5.16 Å². The third kappa shape index (κ3) is 3.72. The first-order valence-corrected chi connectivity index (χ1v) is 11.0. The molecule has 2 aromatic rings. The van der Waals surface area contributed by atoms with Gasteiger partial charge < -0.3 is 4.90 Å². The van der Waals surface area contributed by atoms with Crippen LogP contribution in [0, 0.1) is 11.7 Å². The molecule has 3 heterocycles. The molecule has 29 heavy (non-hydrogen) atoms. The molecule has 2 aliphatic rings. The highest BCUT2D eigenvalue weighted by Gasteiger charge is 2.36. The number of thioether (sulfide) groups is 1. The predicted octanol–water partition coefficient (Wildman–Crippen LogP) is 3.77. The summed E-state index contributed by atoms with van der Waals surface area (Å²) in [4.78, 5) is 32.6. The minimum absolute atomic E-state index is 0.00462. The number of hydrogen-bond donors (Lipinski definition) is 0. The van der Waals surface area contributed by atoms with Gasteiger partial charge in [0.25, 0.3) is 5.56 Å². The van der Waals surface area contributed by atoms with Gasteiger partial charge in [-0.15, -0.1) is 0 Å². The molecular weight excluding hydrogens is 389 g/mol. The lowest BCUT2D eigenvalue weighted by molar-refractivity contribution is -0.122. The number of benzene rings is 1. The van der Waals surface area contributed by atoms with Crippen molar-refractivity contribution in [3.8, 4) is 0 Å². The molecule has 0 saturated heterocycles. The molecule has 5 nitrogen and oxygen atoms in total. The highest BCUT2D eigenvalue weighted by Crippen LogP contribution is 2.35. The van der Waals surface area contributed by atoms with E-state index in [9.17, 15) is 14.0 Å². The Morgan fingerprint density at radius 1 is 1.28 bits per heavy atom. The minimum atomic E-state index is -0.314. The van der Waals surface area contributed by atoms with Crippen molar-refractivity contribution in [2.45, 2.75) is 63.7 Å². The third-order valence-corrected chi connectivity index (χ3v) is 6.86. The van der Waals surface area contributed by atoms with Crippen LogP contribution in [0.3, 0.4) is 0 Å². The quantitative estimate of drug-likeness (QED) is 0.666. The molecule has 1 aromatic heterocycles. The number of carbonyl (C=O) groups excluding carboxylic acids is 1. The molecule has 154 valence electrons. The fourth-order valence-corrected chi connectivity index (χ4v) is 5.08. The molecule has 0 aliphatic carbocycles. The van der Waals surface area contributed by atoms with Crippen LogP contribution in [-0.4, -0.2) is 27.3 Å². The van der Waals surface area contributed by atoms with Crippen molar-refractivity contribution in [2.75, 3.05) is 10.7 Å². The topological polar surface area (TPSA) is 55.2 Å². The molecular formula is C22H26FN3O2S. The number of amides is 1. The van der Waals surface area contributed by atoms with E-state index in [0.717, 1.165) is 29.8 Å². The molecule has 4 rings (SSSR count). The predicted molar refractivity (Wildman–Crippen MR) is 113 cm³/mol. The standard InChI is InChI=1S/C22H26FN3O2S/c1-13-5-6-14-9-16(23)7-8-17(14)26(13)20(28)15-11-25-19(27)10-18(22(2,3)4)24-21(25)29-12-15/h7-10,13,15H,5-6,11-12H2,1-4H3. The number of nitrogens with zero attached hydrogens (tertiary/aromatic N) is 3. The van der Waals surface area contributed by atoms with Crippen LogP contribution in [0.2, 0.25) is 0 Å². The summed E-state index contributed by atoms with van der Waals surface area (Å²) in [7, 11) is 0. The van der Waals surface area contributed by atoms with Crippen LogP contribution in [0.15, 0.2) is 34.2 Å². The first kappa shape index (κ1) is 20.1. The second-order valence-corrected chi connectivity index (χ2v) is 9.99. The second kappa shape index (κ2) is 7.27. The van der Waals surface area contributed by atoms with E-state index in [1.807, 2.05) is 27.7 Å². The van der Waals surface area contributed by atoms with Crippen molar-refractivity contribution in [2.24, 2.45) is 5.92 Å². The largest absolute Gasteiger partial charge is 0.309 e. The fraction of sp³-hybridized carbons (Fsp3) is 0.500. The lowest BCUT2D eigenvalue weighted by atomic mass is 9.92. The number of aromatic nitrogens is 2. The van der Waals surface area contributed by atoms with Crippen LogP contribution in [-0.2, 0) is 23.2 Å². The molecule has 0 bridgehead atoms. The maximum absolute atomic E-state index is 13.6. The van der Waals surface area contributed by atoms with E-state index in [1.54, 1.807) is 21.6 Å². The minimum Gasteiger partial charge on any atom is -0.309 e. The Labute approximate surface area is 174 Å². The van der Waals surface area contributed by atoms with Gasteiger partial charge in [-0.25, -0.2) is 9.37 Å². The Balaban J connectivity index is 1.64. The van der Waals surface area contributed by atoms with Crippen molar-refractivity contribution in [1.29, 1.82) is 0 Å². The van der Waals surface area contributed by atoms with Gasteiger partial charge in [0, 0.05) is 35.5 Å². The van der Waals surface area contributed by atoms with E-state index in [1.165, 1.54) is 23.9 Å². The molecule has 0 fully saturated rings. The number of aryl methyl sites for hydroxylation is 1. The molecule has 2 aliphatic heterocycles. The van der Waals surface area contributed by atoms with E-state index in [-0.39, 0.29) is 34.7 Å². The highest BCUT2D eigenvalue weighted by atomic mass is 32.2. The Hall–Kier alpha value is -2.15. The first-order valence-electron chi connectivity index (χ1n) is 10.0. The zero-order valence-electron chi connectivity index (χ0n) is 17.2. The highest BCUT2D eigenvalue weighted by molar-refractivity contribution is 7.99. The zero-order chi connectivity index (χ0) is 20.9. The summed E-state index contributed by atoms with van der Waals surface area (Å²) in [6.45, 7) is 8.45. The summed E-state index contributed by atoms with van der Waals surface area (Å²) < 4.78 is 15.3. The van der Waals surface area contributed by atoms with Gasteiger partial charge in [-0.1, -0.05) is 32.5 Å². The van der Waals surface area contributed by atoms with E-state index in [0.29, 0.717) is 17.5 Å². The second-order valence-electron chi connectivity index (χ2n) is 9.00. The monoisotopic (exact) mass is 415 g/mol. The Morgan fingerprint density at radius 3 is 2.76 bits per heavy atom. The van der Waals surface area contributed by atoms with E-state index in [2.05, 4.69) is 4.98 Å². The van der Waals surface area contributed by atoms with Crippen molar-refractivity contribution >= 4 is 23.4 Å². The van der Waals surface area contributed by atoms with Crippen LogP contribution in [0.1, 0.15) is 45.4 Å². The first-order chi connectivity index (χ1) is 13.6. The summed E-state index contributed by atoms with van der Waals surface area (Å²) in [6, 6.07) is 6.26. The van der Waals surface area contributed by atoms with Gasteiger partial charge in [0.2, 0.25) is 5.91 Å². The molecule has 7 heteroatoms. The lowest BCUT2D eigenvalue weighted by Gasteiger charge is -2.38. The number of rotatable bonds is 1. The third-order valence-electron chi connectivity index (χ3n) is 5.72. The summed E-state index contributed by atoms with van der Waals surface area (Å²) in [5.74, 6) is -0.0143. The van der Waals surface area contributed by atoms with Crippen LogP contribution in [0.4, 0.5) is 10.1 Å². The summed E-state index contributed by atoms with van der Waals surface area (Å²) in [6.07, 6.45) is 1.56. The SMILES string of the molecule is CC1CCc2cc(F)ccc2N1C(=O)C1CSc2nc(C(C)(C)C)cc(=O)n2C1. The van der Waals surface area contributed by atoms with Gasteiger partial charge in [-0.05, 0) is 43.5 Å². The maximum Gasteiger partial charge on any atom is 0.254 e. The van der Waals surface area contributed by atoms with Gasteiger partial charge in [0.1, 0.15) is 5.82 Å². The summed E-state index contributed by atoms with van der Waals surface area (Å²) in [5, 5.41) is 0.681. The van der Waals surface area contributed by atoms with E-state index >= 15 is 0 Å². The van der Waals surface area contributed by atoms with Crippen molar-refractivity contribution in [3.63, 3.8) is 0 Å². The molecule has 0 saturated carbocycles. The van der Waals surface area contributed by atoms with Crippen LogP contribution < -0.4 is 10.5 Å². The van der Waals surface area contributed by atoms with Crippen LogP contribution >= 0.6 is 11.8 Å². The maximum atomic E-state index is 13.6. The normalized spacial score (nSPS) is 21.5. The van der Waals surface area contributed by atoms with Crippen molar-refractivity contribution in [3.05, 3.63) is 51.7 Å². The average molecular weight is 416 g/mol. The van der Waals surface area contributed by atoms with Gasteiger partial charge in [-0.2, -0.15) is 0 Å². The summed E-state index contributed by atoms with van der Waals surface area (Å²) >= 11 is 1.46. The molecule has 0 N–H and O–H groups in total. The van der Waals surface area contributed by atoms with Crippen LogP contribution in [0.25, 0.3) is 0 Å². The molecule has 1 amide bonds. The van der Waals surface area contributed by atoms with Gasteiger partial charge in [0.05, 0.1) is 11.6 Å². The summed E-state index contributed by atoms with van der Waals surface area (Å²) in [5.41, 5.74) is 2.11. The Kier molecular flexibility index (Phi) is 5.05. The van der Waals surface area contributed by atoms with E-state index < -0.39 is 0 Å². The fourth-order valence-electron chi connectivity index (χ4n) is 4.00. The number of halogens is 1. The zero-order valence-corrected chi connectivity index (χ0v) is 18.1. The van der Waals surface area contributed by atoms with Crippen molar-refractivity contribution in [1.82, 2.24) is 9.55 Å². The van der Waals surface area contributed by atoms with Crippen LogP contribution in [0.5, 0.6) is 0 Å². The molecule has 0 spiro atoms. The molecule has 1 aromatic carbocycles.